The van der Waals surface area contributed by atoms with E-state index in [9.17, 15) is 18.0 Å². The first kappa shape index (κ1) is 31.4. The fourth-order valence-electron chi connectivity index (χ4n) is 4.30. The Bertz CT molecular complexity index is 1430. The molecule has 9 heteroatoms. The summed E-state index contributed by atoms with van der Waals surface area (Å²) in [4.78, 5) is 29.3. The van der Waals surface area contributed by atoms with Gasteiger partial charge in [0.15, 0.2) is 0 Å². The molecule has 0 heterocycles. The average molecular weight is 629 g/mol. The number of nitrogens with one attached hydrogen (secondary N) is 1. The molecule has 0 aliphatic rings. The third-order valence-corrected chi connectivity index (χ3v) is 8.29. The first-order chi connectivity index (χ1) is 18.8. The maximum absolute atomic E-state index is 14.1. The topological polar surface area (TPSA) is 86.8 Å². The van der Waals surface area contributed by atoms with E-state index in [0.717, 1.165) is 37.3 Å². The molecule has 1 N–H and O–H groups in total. The molecule has 214 valence electrons. The summed E-state index contributed by atoms with van der Waals surface area (Å²) < 4.78 is 27.8. The van der Waals surface area contributed by atoms with Gasteiger partial charge in [-0.25, -0.2) is 8.42 Å². The van der Waals surface area contributed by atoms with E-state index < -0.39 is 28.5 Å². The fraction of sp³-hybridized carbons (Fsp3) is 0.355. The Labute approximate surface area is 246 Å². The predicted octanol–water partition coefficient (Wildman–Crippen LogP) is 5.24. The largest absolute Gasteiger partial charge is 0.354 e. The zero-order valence-electron chi connectivity index (χ0n) is 23.7. The van der Waals surface area contributed by atoms with Gasteiger partial charge >= 0.3 is 0 Å². The van der Waals surface area contributed by atoms with Crippen LogP contribution in [0, 0.1) is 19.8 Å². The van der Waals surface area contributed by atoms with E-state index >= 15 is 0 Å². The molecule has 0 saturated carbocycles. The summed E-state index contributed by atoms with van der Waals surface area (Å²) >= 11 is 3.49. The Hall–Kier alpha value is -3.17. The van der Waals surface area contributed by atoms with E-state index in [1.54, 1.807) is 12.1 Å². The molecule has 7 nitrogen and oxygen atoms in total. The maximum Gasteiger partial charge on any atom is 0.244 e. The van der Waals surface area contributed by atoms with Crippen LogP contribution in [-0.2, 0) is 32.6 Å². The van der Waals surface area contributed by atoms with Crippen LogP contribution in [0.15, 0.2) is 77.3 Å². The molecular formula is C31H38BrN3O4S. The Morgan fingerprint density at radius 1 is 0.900 bits per heavy atom. The highest BCUT2D eigenvalue weighted by Crippen LogP contribution is 2.23. The molecular weight excluding hydrogens is 590 g/mol. The lowest BCUT2D eigenvalue weighted by Gasteiger charge is -2.33. The van der Waals surface area contributed by atoms with Crippen LogP contribution in [0.1, 0.15) is 36.1 Å². The van der Waals surface area contributed by atoms with Crippen molar-refractivity contribution in [2.75, 3.05) is 23.7 Å². The smallest absolute Gasteiger partial charge is 0.244 e. The number of hydrogen-bond donors (Lipinski definition) is 1. The van der Waals surface area contributed by atoms with E-state index in [-0.39, 0.29) is 24.8 Å². The van der Waals surface area contributed by atoms with Crippen molar-refractivity contribution in [2.45, 2.75) is 46.7 Å². The lowest BCUT2D eigenvalue weighted by Crippen LogP contribution is -2.53. The van der Waals surface area contributed by atoms with Crippen LogP contribution in [0.4, 0.5) is 5.69 Å². The standard InChI is InChI=1S/C31H38BrN3O4S/c1-22(2)19-33-31(37)29(18-25-10-7-6-8-11-25)34(20-26-12-9-13-27(32)17-26)30(36)21-35(40(5,38)39)28-15-14-23(3)24(4)16-28/h6-17,22,29H,18-21H2,1-5H3,(H,33,37). The van der Waals surface area contributed by atoms with Crippen molar-refractivity contribution in [3.63, 3.8) is 0 Å². The van der Waals surface area contributed by atoms with Gasteiger partial charge in [0.1, 0.15) is 12.6 Å². The summed E-state index contributed by atoms with van der Waals surface area (Å²) in [7, 11) is -3.80. The molecule has 3 aromatic carbocycles. The molecule has 2 amide bonds. The minimum Gasteiger partial charge on any atom is -0.354 e. The van der Waals surface area contributed by atoms with E-state index in [2.05, 4.69) is 21.2 Å². The molecule has 40 heavy (non-hydrogen) atoms. The Kier molecular flexibility index (Phi) is 10.9. The van der Waals surface area contributed by atoms with Gasteiger partial charge in [0.05, 0.1) is 11.9 Å². The Balaban J connectivity index is 2.06. The van der Waals surface area contributed by atoms with Crippen molar-refractivity contribution >= 4 is 43.5 Å². The van der Waals surface area contributed by atoms with Crippen molar-refractivity contribution in [3.8, 4) is 0 Å². The van der Waals surface area contributed by atoms with Gasteiger partial charge in [-0.15, -0.1) is 0 Å². The molecule has 0 aliphatic carbocycles. The van der Waals surface area contributed by atoms with Crippen molar-refractivity contribution in [3.05, 3.63) is 99.5 Å². The number of amides is 2. The van der Waals surface area contributed by atoms with Gasteiger partial charge in [0.2, 0.25) is 21.8 Å². The first-order valence-electron chi connectivity index (χ1n) is 13.3. The van der Waals surface area contributed by atoms with E-state index in [0.29, 0.717) is 12.2 Å². The summed E-state index contributed by atoms with van der Waals surface area (Å²) in [6.07, 6.45) is 1.37. The molecule has 0 aromatic heterocycles. The molecule has 0 radical (unpaired) electrons. The molecule has 0 spiro atoms. The molecule has 0 fully saturated rings. The van der Waals surface area contributed by atoms with Crippen LogP contribution < -0.4 is 9.62 Å². The maximum atomic E-state index is 14.1. The van der Waals surface area contributed by atoms with Gasteiger partial charge in [-0.3, -0.25) is 13.9 Å². The second kappa shape index (κ2) is 13.9. The van der Waals surface area contributed by atoms with Crippen LogP contribution in [-0.4, -0.2) is 50.5 Å². The summed E-state index contributed by atoms with van der Waals surface area (Å²) in [6.45, 7) is 8.01. The number of aryl methyl sites for hydroxylation is 2. The highest BCUT2D eigenvalue weighted by molar-refractivity contribution is 9.10. The van der Waals surface area contributed by atoms with E-state index in [1.165, 1.54) is 4.90 Å². The number of anilines is 1. The van der Waals surface area contributed by atoms with Gasteiger partial charge in [-0.05, 0) is 66.3 Å². The zero-order chi connectivity index (χ0) is 29.4. The lowest BCUT2D eigenvalue weighted by molar-refractivity contribution is -0.140. The van der Waals surface area contributed by atoms with Crippen molar-refractivity contribution < 1.29 is 18.0 Å². The SMILES string of the molecule is Cc1ccc(N(CC(=O)N(Cc2cccc(Br)c2)C(Cc2ccccc2)C(=O)NCC(C)C)S(C)(=O)=O)cc1C. The van der Waals surface area contributed by atoms with Crippen LogP contribution in [0.2, 0.25) is 0 Å². The molecule has 0 bridgehead atoms. The van der Waals surface area contributed by atoms with Gasteiger partial charge < -0.3 is 10.2 Å². The summed E-state index contributed by atoms with van der Waals surface area (Å²) in [5.74, 6) is -0.525. The number of nitrogens with zero attached hydrogens (tertiary/aromatic N) is 2. The number of carbonyl (C=O) groups excluding carboxylic acids is 2. The summed E-state index contributed by atoms with van der Waals surface area (Å²) in [5, 5.41) is 2.99. The van der Waals surface area contributed by atoms with Gasteiger partial charge in [0, 0.05) is 24.0 Å². The second-order valence-corrected chi connectivity index (χ2v) is 13.4. The highest BCUT2D eigenvalue weighted by Gasteiger charge is 2.33. The molecule has 0 saturated heterocycles. The van der Waals surface area contributed by atoms with Crippen LogP contribution >= 0.6 is 15.9 Å². The average Bonchev–Trinajstić information content (AvgIpc) is 2.89. The predicted molar refractivity (Wildman–Crippen MR) is 165 cm³/mol. The van der Waals surface area contributed by atoms with E-state index in [4.69, 9.17) is 0 Å². The molecule has 3 aromatic rings. The number of sulfonamides is 1. The normalized spacial score (nSPS) is 12.2. The summed E-state index contributed by atoms with van der Waals surface area (Å²) in [5.41, 5.74) is 4.05. The van der Waals surface area contributed by atoms with Crippen molar-refractivity contribution in [1.29, 1.82) is 0 Å². The Morgan fingerprint density at radius 2 is 1.57 bits per heavy atom. The van der Waals surface area contributed by atoms with Crippen molar-refractivity contribution in [2.24, 2.45) is 5.92 Å². The number of benzene rings is 3. The zero-order valence-corrected chi connectivity index (χ0v) is 26.1. The van der Waals surface area contributed by atoms with Crippen LogP contribution in [0.25, 0.3) is 0 Å². The number of rotatable bonds is 12. The lowest BCUT2D eigenvalue weighted by atomic mass is 10.0. The van der Waals surface area contributed by atoms with Crippen molar-refractivity contribution in [1.82, 2.24) is 10.2 Å². The van der Waals surface area contributed by atoms with Crippen LogP contribution in [0.3, 0.4) is 0 Å². The van der Waals surface area contributed by atoms with Crippen LogP contribution in [0.5, 0.6) is 0 Å². The van der Waals surface area contributed by atoms with Gasteiger partial charge in [-0.2, -0.15) is 0 Å². The number of halogens is 1. The number of hydrogen-bond acceptors (Lipinski definition) is 4. The monoisotopic (exact) mass is 627 g/mol. The van der Waals surface area contributed by atoms with E-state index in [1.807, 2.05) is 88.4 Å². The Morgan fingerprint density at radius 3 is 2.17 bits per heavy atom. The third kappa shape index (κ3) is 8.93. The molecule has 0 aliphatic heterocycles. The first-order valence-corrected chi connectivity index (χ1v) is 15.9. The third-order valence-electron chi connectivity index (χ3n) is 6.66. The minimum atomic E-state index is -3.80. The second-order valence-electron chi connectivity index (χ2n) is 10.5. The quantitative estimate of drug-likeness (QED) is 0.297. The molecule has 1 unspecified atom stereocenters. The minimum absolute atomic E-state index is 0.134. The number of carbonyl (C=O) groups is 2. The van der Waals surface area contributed by atoms with Gasteiger partial charge in [-0.1, -0.05) is 78.3 Å². The van der Waals surface area contributed by atoms with Gasteiger partial charge in [0.25, 0.3) is 0 Å². The summed E-state index contributed by atoms with van der Waals surface area (Å²) in [6, 6.07) is 21.5. The molecule has 1 atom stereocenters. The fourth-order valence-corrected chi connectivity index (χ4v) is 5.59. The molecule has 3 rings (SSSR count). The highest BCUT2D eigenvalue weighted by atomic mass is 79.9.